The van der Waals surface area contributed by atoms with Crippen molar-refractivity contribution in [3.63, 3.8) is 0 Å². The summed E-state index contributed by atoms with van der Waals surface area (Å²) >= 11 is 0. The summed E-state index contributed by atoms with van der Waals surface area (Å²) in [4.78, 5) is 27.2. The number of nitrogens with one attached hydrogen (secondary N) is 1. The molecule has 1 N–H and O–H groups in total. The van der Waals surface area contributed by atoms with Gasteiger partial charge in [0.25, 0.3) is 0 Å². The van der Waals surface area contributed by atoms with Crippen LogP contribution in [0, 0.1) is 0 Å². The van der Waals surface area contributed by atoms with E-state index in [-0.39, 0.29) is 23.4 Å². The number of fused-ring (bicyclic) bond motifs is 4. The Morgan fingerprint density at radius 3 is 0.777 bits per heavy atom. The number of unbranched alkanes of at least 4 members (excludes halogenated alkanes) is 2. The molecule has 0 saturated carbocycles. The van der Waals surface area contributed by atoms with Crippen LogP contribution in [-0.4, -0.2) is 507 Å². The Balaban J connectivity index is 0.687. The van der Waals surface area contributed by atoms with Crippen LogP contribution < -0.4 is 10.2 Å². The largest absolute Gasteiger partial charge is 0.454 e. The second-order valence-electron chi connectivity index (χ2n) is 31.3. The highest BCUT2D eigenvalue weighted by molar-refractivity contribution is 5.85. The summed E-state index contributed by atoms with van der Waals surface area (Å²) in [7, 11) is 1.64. The van der Waals surface area contributed by atoms with Crippen LogP contribution in [0.4, 0.5) is 5.69 Å². The summed E-state index contributed by atoms with van der Waals surface area (Å²) in [5.74, 6) is -0.225. The Bertz CT molecular complexity index is 2830. The van der Waals surface area contributed by atoms with E-state index in [9.17, 15) is 9.59 Å². The number of hydrogen-bond acceptors (Lipinski definition) is 40. The molecule has 3 aliphatic rings. The number of anilines is 1. The Morgan fingerprint density at radius 1 is 0.317 bits per heavy atom. The lowest BCUT2D eigenvalue weighted by Crippen LogP contribution is -2.40. The Hall–Kier alpha value is -4.00. The third-order valence-electron chi connectivity index (χ3n) is 20.4. The van der Waals surface area contributed by atoms with Crippen molar-refractivity contribution in [2.45, 2.75) is 76.7 Å². The van der Waals surface area contributed by atoms with E-state index in [2.05, 4.69) is 42.3 Å². The van der Waals surface area contributed by atoms with Crippen LogP contribution in [0.15, 0.2) is 41.6 Å². The van der Waals surface area contributed by atoms with E-state index in [1.807, 2.05) is 6.08 Å². The molecule has 41 heteroatoms. The zero-order valence-electron chi connectivity index (χ0n) is 84.6. The molecule has 4 rings (SSSR count). The van der Waals surface area contributed by atoms with Crippen molar-refractivity contribution in [3.05, 3.63) is 52.7 Å². The Morgan fingerprint density at radius 2 is 0.547 bits per heavy atom. The van der Waals surface area contributed by atoms with E-state index in [0.717, 1.165) is 57.1 Å². The van der Waals surface area contributed by atoms with Gasteiger partial charge >= 0.3 is 5.97 Å². The summed E-state index contributed by atoms with van der Waals surface area (Å²) in [6, 6.07) is 6.94. The standard InChI is InChI=1S/C98H178N2O39/c1-4-8-90-10-12-93-92(89-90)98(2,97-91-11-13-96(102)139-94(91)14-17-100(93)97)15-7-5-6-9-95(101)99-16-18-104-21-22-106-25-26-108-29-30-110-33-34-112-37-38-114-41-42-116-45-46-118-49-50-120-53-54-122-57-58-124-61-62-126-65-66-128-69-70-130-73-74-132-77-78-134-81-82-136-85-86-138-88-87-137-84-83-135-80-79-133-76-75-131-72-71-129-68-67-127-64-63-125-60-59-123-56-55-121-52-51-119-48-47-117-44-43-115-40-39-113-36-35-111-32-31-109-28-27-107-24-23-105-20-19-103-3/h10-13,89,94H,4-9,14-88H2,1-3H3,(H,99,101). The smallest absolute Gasteiger partial charge is 0.331 e. The number of ether oxygens (including phenoxy) is 37. The van der Waals surface area contributed by atoms with Gasteiger partial charge in [-0.15, -0.1) is 0 Å². The van der Waals surface area contributed by atoms with Crippen molar-refractivity contribution in [1.29, 1.82) is 0 Å². The second-order valence-corrected chi connectivity index (χ2v) is 31.3. The fourth-order valence-corrected chi connectivity index (χ4v) is 13.4. The average molecular weight is 2010 g/mol. The summed E-state index contributed by atoms with van der Waals surface area (Å²) in [5, 5.41) is 2.98. The molecule has 3 heterocycles. The van der Waals surface area contributed by atoms with E-state index in [0.29, 0.717) is 482 Å². The van der Waals surface area contributed by atoms with Crippen LogP contribution in [0.1, 0.15) is 69.9 Å². The number of carbonyl (C=O) groups excluding carboxylic acids is 2. The van der Waals surface area contributed by atoms with Crippen LogP contribution in [0.5, 0.6) is 0 Å². The minimum atomic E-state index is -0.264. The molecule has 1 amide bonds. The highest BCUT2D eigenvalue weighted by Gasteiger charge is 2.48. The summed E-state index contributed by atoms with van der Waals surface area (Å²) in [5.41, 5.74) is 6.18. The molecule has 0 bridgehead atoms. The first-order chi connectivity index (χ1) is 69.0. The van der Waals surface area contributed by atoms with Crippen molar-refractivity contribution in [1.82, 2.24) is 5.32 Å². The van der Waals surface area contributed by atoms with E-state index in [1.165, 1.54) is 22.5 Å². The minimum absolute atomic E-state index is 0.0394. The molecule has 1 aromatic rings. The molecule has 1 aromatic carbocycles. The van der Waals surface area contributed by atoms with Gasteiger partial charge in [0.2, 0.25) is 5.91 Å². The number of esters is 1. The van der Waals surface area contributed by atoms with Gasteiger partial charge in [-0.25, -0.2) is 4.79 Å². The van der Waals surface area contributed by atoms with Gasteiger partial charge in [-0.3, -0.25) is 4.79 Å². The number of amides is 1. The number of allylic oxidation sites excluding steroid dienone is 1. The number of carbonyl (C=O) groups is 2. The zero-order chi connectivity index (χ0) is 98.4. The number of benzene rings is 1. The van der Waals surface area contributed by atoms with Crippen molar-refractivity contribution in [2.75, 3.05) is 494 Å². The summed E-state index contributed by atoms with van der Waals surface area (Å²) in [6.45, 7) is 39.9. The van der Waals surface area contributed by atoms with E-state index in [4.69, 9.17) is 175 Å². The quantitative estimate of drug-likeness (QED) is 0.0650. The van der Waals surface area contributed by atoms with Gasteiger partial charge in [0.15, 0.2) is 0 Å². The SMILES string of the molecule is CCCc1ccc2c(c1)C(C)(CCCCCC(=O)NCCOCCOCCOCCOCCOCCOCCOCCOCCOCCOCCOCCOCCOCCOCCOCCOCCOCCOCCOCCOCCOCCOCCOCCOCCOCCOCCOCCOCCOCCOCCOCCOCCOCCOCCOCCOC)C1=C3C=CC(=O)OC3CCN12. The van der Waals surface area contributed by atoms with E-state index < -0.39 is 0 Å². The molecule has 0 fully saturated rings. The molecule has 0 aromatic heterocycles. The van der Waals surface area contributed by atoms with E-state index in [1.54, 1.807) is 13.2 Å². The van der Waals surface area contributed by atoms with Gasteiger partial charge in [-0.1, -0.05) is 38.3 Å². The number of hydrogen-bond donors (Lipinski definition) is 1. The molecular weight excluding hydrogens is 1830 g/mol. The molecule has 2 unspecified atom stereocenters. The highest BCUT2D eigenvalue weighted by atomic mass is 16.6. The molecule has 0 spiro atoms. The van der Waals surface area contributed by atoms with Crippen molar-refractivity contribution in [2.24, 2.45) is 0 Å². The van der Waals surface area contributed by atoms with Gasteiger partial charge in [-0.2, -0.15) is 0 Å². The second kappa shape index (κ2) is 101. The Kier molecular flexibility index (Phi) is 92.7. The molecular formula is C98H178N2O39. The molecule has 0 aliphatic carbocycles. The van der Waals surface area contributed by atoms with Crippen LogP contribution in [0.3, 0.4) is 0 Å². The number of rotatable bonds is 116. The molecule has 0 radical (unpaired) electrons. The topological polar surface area (TPSA) is 391 Å². The fourth-order valence-electron chi connectivity index (χ4n) is 13.4. The molecule has 2 atom stereocenters. The van der Waals surface area contributed by atoms with Crippen LogP contribution in [0.2, 0.25) is 0 Å². The highest BCUT2D eigenvalue weighted by Crippen LogP contribution is 2.55. The molecule has 3 aliphatic heterocycles. The summed E-state index contributed by atoms with van der Waals surface area (Å²) in [6.07, 6.45) is 10.5. The molecule has 0 saturated heterocycles. The number of aryl methyl sites for hydroxylation is 1. The molecule has 814 valence electrons. The average Bonchev–Trinajstić information content (AvgIpc) is 1.56. The van der Waals surface area contributed by atoms with Crippen molar-refractivity contribution in [3.8, 4) is 0 Å². The van der Waals surface area contributed by atoms with Gasteiger partial charge in [-0.05, 0) is 49.5 Å². The van der Waals surface area contributed by atoms with Gasteiger partial charge in [0, 0.05) is 61.5 Å². The predicted molar refractivity (Wildman–Crippen MR) is 512 cm³/mol. The van der Waals surface area contributed by atoms with Crippen LogP contribution in [0.25, 0.3) is 0 Å². The van der Waals surface area contributed by atoms with Crippen molar-refractivity contribution >= 4 is 17.6 Å². The normalized spacial score (nSPS) is 14.7. The van der Waals surface area contributed by atoms with Crippen LogP contribution >= 0.6 is 0 Å². The minimum Gasteiger partial charge on any atom is -0.454 e. The maximum Gasteiger partial charge on any atom is 0.331 e. The maximum absolute atomic E-state index is 12.6. The third kappa shape index (κ3) is 78.0. The lowest BCUT2D eigenvalue weighted by Gasteiger charge is -2.39. The molecule has 41 nitrogen and oxygen atoms in total. The lowest BCUT2D eigenvalue weighted by molar-refractivity contribution is -0.142. The monoisotopic (exact) mass is 2010 g/mol. The number of methoxy groups -OCH3 is 1. The maximum atomic E-state index is 12.6. The number of nitrogens with zero attached hydrogens (tertiary/aromatic N) is 1. The summed E-state index contributed by atoms with van der Waals surface area (Å²) < 4.78 is 205. The molecule has 139 heavy (non-hydrogen) atoms. The van der Waals surface area contributed by atoms with Gasteiger partial charge in [0.05, 0.1) is 469 Å². The first kappa shape index (κ1) is 127. The van der Waals surface area contributed by atoms with Crippen LogP contribution in [-0.2, 0) is 197 Å². The van der Waals surface area contributed by atoms with Crippen molar-refractivity contribution < 1.29 is 185 Å². The first-order valence-electron chi connectivity index (χ1n) is 50.5. The van der Waals surface area contributed by atoms with E-state index >= 15 is 0 Å². The Labute approximate surface area is 827 Å². The third-order valence-corrected chi connectivity index (χ3v) is 20.4. The lowest BCUT2D eigenvalue weighted by atomic mass is 9.74. The zero-order valence-corrected chi connectivity index (χ0v) is 84.6. The first-order valence-corrected chi connectivity index (χ1v) is 50.5. The van der Waals surface area contributed by atoms with Gasteiger partial charge in [0.1, 0.15) is 6.10 Å². The van der Waals surface area contributed by atoms with Gasteiger partial charge < -0.3 is 185 Å². The fraction of sp³-hybridized carbons (Fsp3) is 0.878. The predicted octanol–water partition coefficient (Wildman–Crippen LogP) is 5.15.